The van der Waals surface area contributed by atoms with Gasteiger partial charge in [0, 0.05) is 25.4 Å². The van der Waals surface area contributed by atoms with Gasteiger partial charge in [0.15, 0.2) is 0 Å². The number of hydrogen-bond donors (Lipinski definition) is 1. The highest BCUT2D eigenvalue weighted by molar-refractivity contribution is 5.92. The molecule has 0 aromatic carbocycles. The molecule has 1 N–H and O–H groups in total. The second kappa shape index (κ2) is 7.05. The van der Waals surface area contributed by atoms with Crippen molar-refractivity contribution in [2.75, 3.05) is 20.2 Å². The lowest BCUT2D eigenvalue weighted by atomic mass is 10.2. The van der Waals surface area contributed by atoms with Crippen molar-refractivity contribution in [3.63, 3.8) is 0 Å². The van der Waals surface area contributed by atoms with E-state index in [0.29, 0.717) is 24.2 Å². The quantitative estimate of drug-likeness (QED) is 0.780. The van der Waals surface area contributed by atoms with Gasteiger partial charge in [-0.25, -0.2) is 4.98 Å². The van der Waals surface area contributed by atoms with Crippen molar-refractivity contribution < 1.29 is 9.90 Å². The van der Waals surface area contributed by atoms with Crippen LogP contribution in [0.25, 0.3) is 0 Å². The van der Waals surface area contributed by atoms with Crippen LogP contribution in [0.15, 0.2) is 18.3 Å². The zero-order chi connectivity index (χ0) is 13.4. The topological polar surface area (TPSA) is 77.2 Å². The Labute approximate surface area is 106 Å². The van der Waals surface area contributed by atoms with Gasteiger partial charge in [-0.1, -0.05) is 11.8 Å². The summed E-state index contributed by atoms with van der Waals surface area (Å²) in [5.74, 6) is 4.96. The number of nitrogens with zero attached hydrogens (tertiary/aromatic N) is 3. The van der Waals surface area contributed by atoms with E-state index < -0.39 is 0 Å². The average molecular weight is 243 g/mol. The summed E-state index contributed by atoms with van der Waals surface area (Å²) in [5.41, 5.74) is 0.949. The summed E-state index contributed by atoms with van der Waals surface area (Å²) in [4.78, 5) is 17.3. The van der Waals surface area contributed by atoms with Crippen LogP contribution in [0, 0.1) is 23.2 Å². The normalized spacial score (nSPS) is 8.94. The summed E-state index contributed by atoms with van der Waals surface area (Å²) >= 11 is 0. The zero-order valence-electron chi connectivity index (χ0n) is 10.1. The number of aliphatic hydroxyl groups excluding tert-OH is 1. The van der Waals surface area contributed by atoms with E-state index in [1.807, 2.05) is 6.07 Å². The summed E-state index contributed by atoms with van der Waals surface area (Å²) < 4.78 is 0. The minimum atomic E-state index is -0.230. The molecule has 0 saturated carbocycles. The maximum absolute atomic E-state index is 11.9. The highest BCUT2D eigenvalue weighted by Gasteiger charge is 2.12. The van der Waals surface area contributed by atoms with Crippen LogP contribution in [-0.4, -0.2) is 41.1 Å². The lowest BCUT2D eigenvalue weighted by Gasteiger charge is -2.14. The van der Waals surface area contributed by atoms with Crippen molar-refractivity contribution in [2.45, 2.75) is 6.42 Å². The zero-order valence-corrected chi connectivity index (χ0v) is 10.1. The summed E-state index contributed by atoms with van der Waals surface area (Å²) in [6.07, 6.45) is 1.77. The first-order valence-corrected chi connectivity index (χ1v) is 5.37. The molecule has 0 saturated heterocycles. The number of carbonyl (C=O) groups excluding carboxylic acids is 1. The summed E-state index contributed by atoms with van der Waals surface area (Å²) in [7, 11) is 1.63. The van der Waals surface area contributed by atoms with Crippen molar-refractivity contribution in [3.8, 4) is 17.9 Å². The lowest BCUT2D eigenvalue weighted by molar-refractivity contribution is 0.0792. The van der Waals surface area contributed by atoms with E-state index in [1.54, 1.807) is 19.2 Å². The summed E-state index contributed by atoms with van der Waals surface area (Å²) in [6, 6.07) is 5.22. The van der Waals surface area contributed by atoms with E-state index in [2.05, 4.69) is 16.8 Å². The third-order valence-electron chi connectivity index (χ3n) is 2.20. The van der Waals surface area contributed by atoms with Crippen LogP contribution in [0.1, 0.15) is 22.5 Å². The lowest BCUT2D eigenvalue weighted by Crippen LogP contribution is -2.28. The molecule has 0 atom stereocenters. The molecule has 0 radical (unpaired) electrons. The number of pyridine rings is 1. The summed E-state index contributed by atoms with van der Waals surface area (Å²) in [5, 5.41) is 17.0. The number of amides is 1. The molecule has 0 fully saturated rings. The molecule has 1 aromatic rings. The minimum Gasteiger partial charge on any atom is -0.384 e. The third-order valence-corrected chi connectivity index (χ3v) is 2.20. The highest BCUT2D eigenvalue weighted by atomic mass is 16.2. The Morgan fingerprint density at radius 3 is 2.89 bits per heavy atom. The first-order valence-electron chi connectivity index (χ1n) is 5.37. The Morgan fingerprint density at radius 2 is 2.33 bits per heavy atom. The predicted octanol–water partition coefficient (Wildman–Crippen LogP) is 0.411. The van der Waals surface area contributed by atoms with Gasteiger partial charge in [-0.15, -0.1) is 0 Å². The van der Waals surface area contributed by atoms with E-state index in [-0.39, 0.29) is 12.5 Å². The van der Waals surface area contributed by atoms with Gasteiger partial charge in [0.05, 0.1) is 12.5 Å². The molecule has 0 aliphatic heterocycles. The first-order chi connectivity index (χ1) is 8.69. The standard InChI is InChI=1S/C13H13N3O2/c1-16(8-3-7-14)13(18)12-6-5-11(10-15-12)4-2-9-17/h5-6,10,17H,3,8-9H2,1H3. The molecule has 92 valence electrons. The van der Waals surface area contributed by atoms with Crippen molar-refractivity contribution in [3.05, 3.63) is 29.6 Å². The largest absolute Gasteiger partial charge is 0.384 e. The van der Waals surface area contributed by atoms with Crippen LogP contribution in [0.2, 0.25) is 0 Å². The van der Waals surface area contributed by atoms with E-state index >= 15 is 0 Å². The number of aliphatic hydroxyl groups is 1. The molecular formula is C13H13N3O2. The van der Waals surface area contributed by atoms with E-state index in [4.69, 9.17) is 10.4 Å². The van der Waals surface area contributed by atoms with Crippen LogP contribution in [0.4, 0.5) is 0 Å². The number of nitriles is 1. The molecular weight excluding hydrogens is 230 g/mol. The SMILES string of the molecule is CN(CCC#N)C(=O)c1ccc(C#CCO)cn1. The Hall–Kier alpha value is -2.37. The van der Waals surface area contributed by atoms with Gasteiger partial charge in [-0.05, 0) is 12.1 Å². The van der Waals surface area contributed by atoms with Gasteiger partial charge in [0.1, 0.15) is 12.3 Å². The van der Waals surface area contributed by atoms with Crippen LogP contribution in [0.3, 0.4) is 0 Å². The van der Waals surface area contributed by atoms with Gasteiger partial charge >= 0.3 is 0 Å². The van der Waals surface area contributed by atoms with Crippen molar-refractivity contribution in [1.29, 1.82) is 5.26 Å². The van der Waals surface area contributed by atoms with Crippen LogP contribution in [0.5, 0.6) is 0 Å². The highest BCUT2D eigenvalue weighted by Crippen LogP contribution is 2.03. The third kappa shape index (κ3) is 3.89. The number of aromatic nitrogens is 1. The number of hydrogen-bond acceptors (Lipinski definition) is 4. The molecule has 1 amide bonds. The van der Waals surface area contributed by atoms with Gasteiger partial charge in [0.25, 0.3) is 5.91 Å². The van der Waals surface area contributed by atoms with E-state index in [0.717, 1.165) is 0 Å². The minimum absolute atomic E-state index is 0.211. The molecule has 5 heteroatoms. The van der Waals surface area contributed by atoms with Crippen molar-refractivity contribution in [1.82, 2.24) is 9.88 Å². The second-order valence-corrected chi connectivity index (χ2v) is 3.53. The first kappa shape index (κ1) is 13.7. The van der Waals surface area contributed by atoms with Gasteiger partial charge in [-0.2, -0.15) is 5.26 Å². The summed E-state index contributed by atoms with van der Waals surface area (Å²) in [6.45, 7) is 0.167. The molecule has 1 aromatic heterocycles. The molecule has 0 unspecified atom stereocenters. The van der Waals surface area contributed by atoms with Crippen LogP contribution in [-0.2, 0) is 0 Å². The fourth-order valence-corrected chi connectivity index (χ4v) is 1.25. The molecule has 0 aliphatic rings. The number of carbonyl (C=O) groups is 1. The smallest absolute Gasteiger partial charge is 0.272 e. The van der Waals surface area contributed by atoms with Crippen LogP contribution >= 0.6 is 0 Å². The predicted molar refractivity (Wildman–Crippen MR) is 65.4 cm³/mol. The van der Waals surface area contributed by atoms with Gasteiger partial charge in [0.2, 0.25) is 0 Å². The van der Waals surface area contributed by atoms with E-state index in [9.17, 15) is 4.79 Å². The molecule has 1 rings (SSSR count). The molecule has 1 heterocycles. The van der Waals surface area contributed by atoms with Crippen molar-refractivity contribution >= 4 is 5.91 Å². The fraction of sp³-hybridized carbons (Fsp3) is 0.308. The van der Waals surface area contributed by atoms with Crippen LogP contribution < -0.4 is 0 Å². The van der Waals surface area contributed by atoms with Gasteiger partial charge < -0.3 is 10.0 Å². The Bertz CT molecular complexity index is 506. The molecule has 0 aliphatic carbocycles. The monoisotopic (exact) mass is 243 g/mol. The fourth-order valence-electron chi connectivity index (χ4n) is 1.25. The number of rotatable bonds is 3. The van der Waals surface area contributed by atoms with Crippen molar-refractivity contribution in [2.24, 2.45) is 0 Å². The Kier molecular flexibility index (Phi) is 5.37. The second-order valence-electron chi connectivity index (χ2n) is 3.53. The molecule has 18 heavy (non-hydrogen) atoms. The van der Waals surface area contributed by atoms with E-state index in [1.165, 1.54) is 11.1 Å². The average Bonchev–Trinajstić information content (AvgIpc) is 2.42. The molecule has 5 nitrogen and oxygen atoms in total. The molecule has 0 bridgehead atoms. The maximum Gasteiger partial charge on any atom is 0.272 e. The Balaban J connectivity index is 2.73. The Morgan fingerprint density at radius 1 is 1.56 bits per heavy atom. The van der Waals surface area contributed by atoms with Gasteiger partial charge in [-0.3, -0.25) is 4.79 Å². The molecule has 0 spiro atoms. The maximum atomic E-state index is 11.9.